The zero-order valence-corrected chi connectivity index (χ0v) is 18.1. The lowest BCUT2D eigenvalue weighted by Gasteiger charge is -2.13. The first-order valence-electron chi connectivity index (χ1n) is 10.5. The number of aromatic hydroxyl groups is 1. The second-order valence-corrected chi connectivity index (χ2v) is 7.51. The normalized spacial score (nSPS) is 12.1. The van der Waals surface area contributed by atoms with E-state index in [4.69, 9.17) is 4.74 Å². The molecule has 6 nitrogen and oxygen atoms in total. The van der Waals surface area contributed by atoms with Gasteiger partial charge < -0.3 is 20.3 Å². The summed E-state index contributed by atoms with van der Waals surface area (Å²) in [7, 11) is 1.62. The van der Waals surface area contributed by atoms with Crippen molar-refractivity contribution in [2.45, 2.75) is 6.10 Å². The van der Waals surface area contributed by atoms with E-state index in [1.165, 1.54) is 0 Å². The summed E-state index contributed by atoms with van der Waals surface area (Å²) in [5.41, 5.74) is 2.77. The van der Waals surface area contributed by atoms with Crippen molar-refractivity contribution in [2.24, 2.45) is 0 Å². The largest absolute Gasteiger partial charge is 0.505 e. The van der Waals surface area contributed by atoms with Gasteiger partial charge in [0.15, 0.2) is 5.75 Å². The van der Waals surface area contributed by atoms with E-state index in [9.17, 15) is 15.0 Å². The molecule has 3 aromatic carbocycles. The summed E-state index contributed by atoms with van der Waals surface area (Å²) in [5.74, 6) is 0.104. The van der Waals surface area contributed by atoms with E-state index in [2.05, 4.69) is 10.3 Å². The monoisotopic (exact) mass is 440 g/mol. The SMILES string of the molecule is COc1ccc(C=Cc2ccc3ccc(C(=O)NCC(O)c4ccccc4)c(O)c3n2)cc1. The number of nitrogens with zero attached hydrogens (tertiary/aromatic N) is 1. The van der Waals surface area contributed by atoms with E-state index >= 15 is 0 Å². The van der Waals surface area contributed by atoms with Crippen LogP contribution in [0.15, 0.2) is 78.9 Å². The molecule has 6 heteroatoms. The topological polar surface area (TPSA) is 91.7 Å². The number of nitrogens with one attached hydrogen (secondary N) is 1. The third-order valence-electron chi connectivity index (χ3n) is 5.30. The van der Waals surface area contributed by atoms with Gasteiger partial charge in [0.05, 0.1) is 24.5 Å². The van der Waals surface area contributed by atoms with Crippen molar-refractivity contribution in [3.8, 4) is 11.5 Å². The van der Waals surface area contributed by atoms with Gasteiger partial charge >= 0.3 is 0 Å². The van der Waals surface area contributed by atoms with Gasteiger partial charge in [0, 0.05) is 11.9 Å². The minimum Gasteiger partial charge on any atom is -0.505 e. The number of hydrogen-bond donors (Lipinski definition) is 3. The number of amides is 1. The van der Waals surface area contributed by atoms with E-state index in [0.717, 1.165) is 16.7 Å². The number of phenols is 1. The minimum absolute atomic E-state index is 0.0262. The molecule has 0 fully saturated rings. The van der Waals surface area contributed by atoms with Gasteiger partial charge in [0.1, 0.15) is 11.3 Å². The van der Waals surface area contributed by atoms with Crippen LogP contribution in [0.2, 0.25) is 0 Å². The van der Waals surface area contributed by atoms with E-state index < -0.39 is 12.0 Å². The van der Waals surface area contributed by atoms with E-state index in [1.54, 1.807) is 31.4 Å². The van der Waals surface area contributed by atoms with Gasteiger partial charge in [-0.05, 0) is 41.5 Å². The average molecular weight is 440 g/mol. The van der Waals surface area contributed by atoms with Crippen LogP contribution >= 0.6 is 0 Å². The first-order valence-corrected chi connectivity index (χ1v) is 10.5. The van der Waals surface area contributed by atoms with Gasteiger partial charge in [0.2, 0.25) is 0 Å². The number of phenolic OH excluding ortho intramolecular Hbond substituents is 1. The Hall–Kier alpha value is -4.16. The third-order valence-corrected chi connectivity index (χ3v) is 5.30. The van der Waals surface area contributed by atoms with Crippen LogP contribution in [0.4, 0.5) is 0 Å². The van der Waals surface area contributed by atoms with Gasteiger partial charge in [-0.3, -0.25) is 4.79 Å². The van der Waals surface area contributed by atoms with Crippen LogP contribution in [0.5, 0.6) is 11.5 Å². The van der Waals surface area contributed by atoms with Gasteiger partial charge in [-0.25, -0.2) is 4.98 Å². The molecule has 0 saturated carbocycles. The summed E-state index contributed by atoms with van der Waals surface area (Å²) in [6.45, 7) is 0.0262. The number of fused-ring (bicyclic) bond motifs is 1. The number of aromatic nitrogens is 1. The Morgan fingerprint density at radius 2 is 1.73 bits per heavy atom. The van der Waals surface area contributed by atoms with Gasteiger partial charge in [0.25, 0.3) is 5.91 Å². The van der Waals surface area contributed by atoms with Crippen molar-refractivity contribution >= 4 is 29.0 Å². The lowest BCUT2D eigenvalue weighted by atomic mass is 10.1. The molecule has 0 aliphatic rings. The van der Waals surface area contributed by atoms with Crippen LogP contribution < -0.4 is 10.1 Å². The highest BCUT2D eigenvalue weighted by Gasteiger charge is 2.16. The van der Waals surface area contributed by atoms with E-state index in [1.807, 2.05) is 66.7 Å². The first kappa shape index (κ1) is 22.0. The highest BCUT2D eigenvalue weighted by Crippen LogP contribution is 2.28. The number of benzene rings is 3. The molecule has 4 aromatic rings. The molecule has 3 N–H and O–H groups in total. The molecule has 166 valence electrons. The highest BCUT2D eigenvalue weighted by molar-refractivity contribution is 6.02. The number of ether oxygens (including phenoxy) is 1. The number of carbonyl (C=O) groups excluding carboxylic acids is 1. The smallest absolute Gasteiger partial charge is 0.255 e. The zero-order valence-electron chi connectivity index (χ0n) is 18.1. The maximum Gasteiger partial charge on any atom is 0.255 e. The van der Waals surface area contributed by atoms with Crippen molar-refractivity contribution in [3.63, 3.8) is 0 Å². The molecule has 0 saturated heterocycles. The fourth-order valence-corrected chi connectivity index (χ4v) is 3.44. The fourth-order valence-electron chi connectivity index (χ4n) is 3.44. The number of rotatable bonds is 7. The van der Waals surface area contributed by atoms with Crippen molar-refractivity contribution in [3.05, 3.63) is 101 Å². The Morgan fingerprint density at radius 3 is 2.45 bits per heavy atom. The second kappa shape index (κ2) is 9.97. The van der Waals surface area contributed by atoms with Crippen LogP contribution in [0.25, 0.3) is 23.1 Å². The lowest BCUT2D eigenvalue weighted by molar-refractivity contribution is 0.0914. The van der Waals surface area contributed by atoms with Crippen molar-refractivity contribution < 1.29 is 19.7 Å². The Bertz CT molecular complexity index is 1290. The minimum atomic E-state index is -0.842. The standard InChI is InChI=1S/C27H24N2O4/c1-33-22-14-8-18(9-15-22)7-12-21-13-10-20-11-16-23(26(31)25(20)29-21)27(32)28-17-24(30)19-5-3-2-4-6-19/h2-16,24,30-31H,17H2,1H3,(H,28,32). The summed E-state index contributed by atoms with van der Waals surface area (Å²) < 4.78 is 5.17. The van der Waals surface area contributed by atoms with Crippen LogP contribution in [-0.2, 0) is 0 Å². The maximum absolute atomic E-state index is 12.7. The third kappa shape index (κ3) is 5.19. The molecule has 1 amide bonds. The number of hydrogen-bond acceptors (Lipinski definition) is 5. The molecule has 0 aliphatic heterocycles. The molecule has 1 heterocycles. The Morgan fingerprint density at radius 1 is 1.00 bits per heavy atom. The quantitative estimate of drug-likeness (QED) is 0.391. The van der Waals surface area contributed by atoms with Crippen LogP contribution in [0.1, 0.15) is 33.3 Å². The average Bonchev–Trinajstić information content (AvgIpc) is 2.87. The van der Waals surface area contributed by atoms with Gasteiger partial charge in [-0.15, -0.1) is 0 Å². The van der Waals surface area contributed by atoms with Crippen LogP contribution in [0, 0.1) is 0 Å². The fraction of sp³-hybridized carbons (Fsp3) is 0.111. The zero-order chi connectivity index (χ0) is 23.2. The van der Waals surface area contributed by atoms with Crippen molar-refractivity contribution in [2.75, 3.05) is 13.7 Å². The molecule has 1 unspecified atom stereocenters. The summed E-state index contributed by atoms with van der Waals surface area (Å²) in [6.07, 6.45) is 2.90. The summed E-state index contributed by atoms with van der Waals surface area (Å²) in [6, 6.07) is 23.7. The Labute approximate surface area is 191 Å². The maximum atomic E-state index is 12.7. The predicted octanol–water partition coefficient (Wildman–Crippen LogP) is 4.58. The molecule has 4 rings (SSSR count). The van der Waals surface area contributed by atoms with Crippen molar-refractivity contribution in [1.82, 2.24) is 10.3 Å². The number of methoxy groups -OCH3 is 1. The van der Waals surface area contributed by atoms with Gasteiger partial charge in [-0.2, -0.15) is 0 Å². The number of pyridine rings is 1. The molecule has 0 bridgehead atoms. The summed E-state index contributed by atoms with van der Waals surface area (Å²) in [5, 5.41) is 24.4. The Balaban J connectivity index is 1.51. The first-order chi connectivity index (χ1) is 16.0. The number of aliphatic hydroxyl groups excluding tert-OH is 1. The number of aliphatic hydroxyl groups is 1. The molecule has 1 aromatic heterocycles. The summed E-state index contributed by atoms with van der Waals surface area (Å²) >= 11 is 0. The number of carbonyl (C=O) groups is 1. The molecule has 0 radical (unpaired) electrons. The molecule has 1 atom stereocenters. The van der Waals surface area contributed by atoms with Crippen LogP contribution in [-0.4, -0.2) is 34.8 Å². The van der Waals surface area contributed by atoms with Crippen LogP contribution in [0.3, 0.4) is 0 Å². The molecule has 33 heavy (non-hydrogen) atoms. The van der Waals surface area contributed by atoms with Crippen molar-refractivity contribution in [1.29, 1.82) is 0 Å². The summed E-state index contributed by atoms with van der Waals surface area (Å²) in [4.78, 5) is 17.2. The molecular formula is C27H24N2O4. The highest BCUT2D eigenvalue weighted by atomic mass is 16.5. The van der Waals surface area contributed by atoms with E-state index in [0.29, 0.717) is 16.8 Å². The second-order valence-electron chi connectivity index (χ2n) is 7.51. The predicted molar refractivity (Wildman–Crippen MR) is 129 cm³/mol. The molecule has 0 aliphatic carbocycles. The lowest BCUT2D eigenvalue weighted by Crippen LogP contribution is -2.28. The Kier molecular flexibility index (Phi) is 6.66. The van der Waals surface area contributed by atoms with E-state index in [-0.39, 0.29) is 17.9 Å². The molecular weight excluding hydrogens is 416 g/mol. The molecule has 0 spiro atoms. The van der Waals surface area contributed by atoms with Gasteiger partial charge in [-0.1, -0.05) is 60.7 Å².